The van der Waals surface area contributed by atoms with Gasteiger partial charge in [0.05, 0.1) is 26.5 Å². The third kappa shape index (κ3) is 4.48. The van der Waals surface area contributed by atoms with Crippen molar-refractivity contribution in [2.24, 2.45) is 0 Å². The van der Waals surface area contributed by atoms with Gasteiger partial charge in [-0.3, -0.25) is 4.79 Å². The molecule has 1 atom stereocenters. The van der Waals surface area contributed by atoms with Crippen molar-refractivity contribution in [3.05, 3.63) is 88.9 Å². The summed E-state index contributed by atoms with van der Waals surface area (Å²) in [6.45, 7) is 1.79. The fourth-order valence-electron chi connectivity index (χ4n) is 3.14. The number of nitrogens with zero attached hydrogens (tertiary/aromatic N) is 2. The minimum absolute atomic E-state index is 0.198. The predicted octanol–water partition coefficient (Wildman–Crippen LogP) is 5.20. The minimum atomic E-state index is -0.452. The Morgan fingerprint density at radius 1 is 1.07 bits per heavy atom. The number of benzene rings is 3. The highest BCUT2D eigenvalue weighted by Gasteiger charge is 2.14. The molecule has 2 N–H and O–H groups in total. The SMILES string of the molecule is C[C@H](Nc1ccc(Cc2nc3ccccc3s2)cc1)C(=O)Nc1ccccc1C#N. The normalized spacial score (nSPS) is 11.6. The number of anilines is 2. The fraction of sp³-hybridized carbons (Fsp3) is 0.125. The van der Waals surface area contributed by atoms with Crippen LogP contribution < -0.4 is 10.6 Å². The summed E-state index contributed by atoms with van der Waals surface area (Å²) in [6, 6.07) is 24.8. The van der Waals surface area contributed by atoms with Crippen molar-refractivity contribution >= 4 is 38.8 Å². The summed E-state index contributed by atoms with van der Waals surface area (Å²) in [5, 5.41) is 16.3. The first kappa shape index (κ1) is 19.6. The van der Waals surface area contributed by atoms with E-state index < -0.39 is 6.04 Å². The van der Waals surface area contributed by atoms with Gasteiger partial charge < -0.3 is 10.6 Å². The van der Waals surface area contributed by atoms with E-state index in [2.05, 4.69) is 27.8 Å². The quantitative estimate of drug-likeness (QED) is 0.456. The molecule has 1 amide bonds. The third-order valence-electron chi connectivity index (χ3n) is 4.73. The van der Waals surface area contributed by atoms with Gasteiger partial charge in [-0.2, -0.15) is 5.26 Å². The topological polar surface area (TPSA) is 77.8 Å². The van der Waals surface area contributed by atoms with Crippen molar-refractivity contribution in [3.8, 4) is 6.07 Å². The maximum atomic E-state index is 12.5. The summed E-state index contributed by atoms with van der Waals surface area (Å²) in [6.07, 6.45) is 0.778. The van der Waals surface area contributed by atoms with E-state index in [1.165, 1.54) is 10.3 Å². The highest BCUT2D eigenvalue weighted by molar-refractivity contribution is 7.18. The summed E-state index contributed by atoms with van der Waals surface area (Å²) in [4.78, 5) is 17.2. The van der Waals surface area contributed by atoms with Gasteiger partial charge in [0.15, 0.2) is 0 Å². The Morgan fingerprint density at radius 2 is 1.80 bits per heavy atom. The molecule has 4 rings (SSSR count). The number of thiazole rings is 1. The molecule has 4 aromatic rings. The first-order valence-electron chi connectivity index (χ1n) is 9.62. The van der Waals surface area contributed by atoms with Crippen LogP contribution in [-0.4, -0.2) is 16.9 Å². The van der Waals surface area contributed by atoms with Gasteiger partial charge in [0.25, 0.3) is 0 Å². The van der Waals surface area contributed by atoms with Crippen molar-refractivity contribution in [3.63, 3.8) is 0 Å². The van der Waals surface area contributed by atoms with Crippen molar-refractivity contribution < 1.29 is 4.79 Å². The molecule has 0 saturated heterocycles. The largest absolute Gasteiger partial charge is 0.374 e. The third-order valence-corrected chi connectivity index (χ3v) is 5.77. The van der Waals surface area contributed by atoms with Gasteiger partial charge in [-0.05, 0) is 48.9 Å². The summed E-state index contributed by atoms with van der Waals surface area (Å²) >= 11 is 1.71. The van der Waals surface area contributed by atoms with Crippen LogP contribution in [0, 0.1) is 11.3 Å². The van der Waals surface area contributed by atoms with Crippen LogP contribution in [-0.2, 0) is 11.2 Å². The Balaban J connectivity index is 1.37. The zero-order valence-electron chi connectivity index (χ0n) is 16.4. The molecular weight excluding hydrogens is 392 g/mol. The van der Waals surface area contributed by atoms with Gasteiger partial charge in [-0.25, -0.2) is 4.98 Å². The molecule has 1 heterocycles. The highest BCUT2D eigenvalue weighted by atomic mass is 32.1. The lowest BCUT2D eigenvalue weighted by atomic mass is 10.1. The molecule has 0 saturated carbocycles. The molecule has 0 unspecified atom stereocenters. The highest BCUT2D eigenvalue weighted by Crippen LogP contribution is 2.24. The van der Waals surface area contributed by atoms with Gasteiger partial charge >= 0.3 is 0 Å². The first-order valence-corrected chi connectivity index (χ1v) is 10.4. The van der Waals surface area contributed by atoms with Gasteiger partial charge in [0, 0.05) is 12.1 Å². The number of hydrogen-bond donors (Lipinski definition) is 2. The van der Waals surface area contributed by atoms with E-state index in [1.54, 1.807) is 42.5 Å². The van der Waals surface area contributed by atoms with Crippen molar-refractivity contribution in [2.45, 2.75) is 19.4 Å². The Labute approximate surface area is 179 Å². The molecule has 0 aliphatic rings. The van der Waals surface area contributed by atoms with Crippen LogP contribution in [0.4, 0.5) is 11.4 Å². The van der Waals surface area contributed by atoms with E-state index in [4.69, 9.17) is 5.26 Å². The first-order chi connectivity index (χ1) is 14.6. The number of carbonyl (C=O) groups excluding carboxylic acids is 1. The zero-order chi connectivity index (χ0) is 20.9. The van der Waals surface area contributed by atoms with Crippen LogP contribution in [0.5, 0.6) is 0 Å². The van der Waals surface area contributed by atoms with Crippen LogP contribution >= 0.6 is 11.3 Å². The predicted molar refractivity (Wildman–Crippen MR) is 122 cm³/mol. The van der Waals surface area contributed by atoms with Gasteiger partial charge in [-0.15, -0.1) is 11.3 Å². The van der Waals surface area contributed by atoms with Crippen molar-refractivity contribution in [1.82, 2.24) is 4.98 Å². The molecule has 0 radical (unpaired) electrons. The van der Waals surface area contributed by atoms with Crippen LogP contribution in [0.25, 0.3) is 10.2 Å². The zero-order valence-corrected chi connectivity index (χ0v) is 17.2. The van der Waals surface area contributed by atoms with E-state index in [0.717, 1.165) is 22.6 Å². The van der Waals surface area contributed by atoms with Crippen LogP contribution in [0.1, 0.15) is 23.1 Å². The number of amides is 1. The summed E-state index contributed by atoms with van der Waals surface area (Å²) < 4.78 is 1.20. The number of fused-ring (bicyclic) bond motifs is 1. The van der Waals surface area contributed by atoms with Crippen LogP contribution in [0.2, 0.25) is 0 Å². The number of nitriles is 1. The molecule has 5 nitrogen and oxygen atoms in total. The molecule has 0 aliphatic carbocycles. The monoisotopic (exact) mass is 412 g/mol. The number of hydrogen-bond acceptors (Lipinski definition) is 5. The molecule has 1 aromatic heterocycles. The fourth-order valence-corrected chi connectivity index (χ4v) is 4.14. The molecular formula is C24H20N4OS. The molecule has 6 heteroatoms. The Hall–Kier alpha value is -3.69. The lowest BCUT2D eigenvalue weighted by Gasteiger charge is -2.16. The number of para-hydroxylation sites is 2. The average molecular weight is 413 g/mol. The molecule has 0 spiro atoms. The standard InChI is InChI=1S/C24H20N4OS/c1-16(24(29)28-20-7-3-2-6-18(20)15-25)26-19-12-10-17(11-13-19)14-23-27-21-8-4-5-9-22(21)30-23/h2-13,16,26H,14H2,1H3,(H,28,29)/t16-/m0/s1. The minimum Gasteiger partial charge on any atom is -0.374 e. The summed E-state index contributed by atoms with van der Waals surface area (Å²) in [5.41, 5.74) is 4.02. The maximum absolute atomic E-state index is 12.5. The van der Waals surface area contributed by atoms with Gasteiger partial charge in [0.2, 0.25) is 5.91 Å². The van der Waals surface area contributed by atoms with Crippen LogP contribution in [0.15, 0.2) is 72.8 Å². The average Bonchev–Trinajstić information content (AvgIpc) is 3.17. The van der Waals surface area contributed by atoms with Gasteiger partial charge in [-0.1, -0.05) is 36.4 Å². The molecule has 0 bridgehead atoms. The Bertz CT molecular complexity index is 1190. The van der Waals surface area contributed by atoms with E-state index in [-0.39, 0.29) is 5.91 Å². The van der Waals surface area contributed by atoms with Crippen molar-refractivity contribution in [2.75, 3.05) is 10.6 Å². The Kier molecular flexibility index (Phi) is 5.73. The maximum Gasteiger partial charge on any atom is 0.246 e. The lowest BCUT2D eigenvalue weighted by Crippen LogP contribution is -2.32. The smallest absolute Gasteiger partial charge is 0.246 e. The second-order valence-corrected chi connectivity index (χ2v) is 8.08. The number of rotatable bonds is 6. The lowest BCUT2D eigenvalue weighted by molar-refractivity contribution is -0.116. The molecule has 0 fully saturated rings. The van der Waals surface area contributed by atoms with E-state index in [9.17, 15) is 4.79 Å². The summed E-state index contributed by atoms with van der Waals surface area (Å²) in [5.74, 6) is -0.198. The molecule has 0 aliphatic heterocycles. The number of aromatic nitrogens is 1. The molecule has 30 heavy (non-hydrogen) atoms. The van der Waals surface area contributed by atoms with Crippen molar-refractivity contribution in [1.29, 1.82) is 5.26 Å². The van der Waals surface area contributed by atoms with E-state index in [1.807, 2.05) is 42.5 Å². The van der Waals surface area contributed by atoms with E-state index in [0.29, 0.717) is 11.3 Å². The van der Waals surface area contributed by atoms with E-state index >= 15 is 0 Å². The second-order valence-electron chi connectivity index (χ2n) is 6.96. The second kappa shape index (κ2) is 8.76. The van der Waals surface area contributed by atoms with Gasteiger partial charge in [0.1, 0.15) is 12.1 Å². The van der Waals surface area contributed by atoms with Crippen LogP contribution in [0.3, 0.4) is 0 Å². The Morgan fingerprint density at radius 3 is 2.57 bits per heavy atom. The number of carbonyl (C=O) groups is 1. The molecule has 148 valence electrons. The molecule has 3 aromatic carbocycles. The number of nitrogens with one attached hydrogen (secondary N) is 2. The summed E-state index contributed by atoms with van der Waals surface area (Å²) in [7, 11) is 0.